The molecule has 4 nitrogen and oxygen atoms in total. The highest BCUT2D eigenvalue weighted by Crippen LogP contribution is 2.12. The first kappa shape index (κ1) is 14.2. The van der Waals surface area contributed by atoms with Crippen molar-refractivity contribution in [1.82, 2.24) is 5.32 Å². The second kappa shape index (κ2) is 5.92. The second-order valence-electron chi connectivity index (χ2n) is 3.23. The molecule has 0 spiro atoms. The van der Waals surface area contributed by atoms with Crippen molar-refractivity contribution >= 4 is 5.91 Å². The fraction of sp³-hybridized carbons (Fsp3) is 0.875. The van der Waals surface area contributed by atoms with Crippen LogP contribution in [0.1, 0.15) is 19.8 Å². The molecule has 0 radical (unpaired) electrons. The van der Waals surface area contributed by atoms with E-state index in [4.69, 9.17) is 5.73 Å². The summed E-state index contributed by atoms with van der Waals surface area (Å²) >= 11 is 0. The van der Waals surface area contributed by atoms with Gasteiger partial charge in [-0.3, -0.25) is 4.79 Å². The molecule has 0 aromatic carbocycles. The Balaban J connectivity index is 3.99. The van der Waals surface area contributed by atoms with Crippen LogP contribution >= 0.6 is 0 Å². The van der Waals surface area contributed by atoms with Gasteiger partial charge in [0.1, 0.15) is 12.6 Å². The minimum Gasteiger partial charge on any atom is -0.382 e. The minimum atomic E-state index is -4.48. The Hall–Kier alpha value is -0.820. The molecular formula is C8H15F3N2O2. The van der Waals surface area contributed by atoms with Crippen molar-refractivity contribution in [1.29, 1.82) is 0 Å². The van der Waals surface area contributed by atoms with Crippen LogP contribution in [0.15, 0.2) is 0 Å². The molecule has 0 saturated heterocycles. The molecule has 0 aliphatic heterocycles. The molecule has 2 atom stereocenters. The van der Waals surface area contributed by atoms with Crippen LogP contribution in [-0.4, -0.2) is 35.9 Å². The van der Waals surface area contributed by atoms with E-state index >= 15 is 0 Å². The van der Waals surface area contributed by atoms with Crippen molar-refractivity contribution in [3.8, 4) is 0 Å². The Morgan fingerprint density at radius 3 is 2.47 bits per heavy atom. The zero-order chi connectivity index (χ0) is 12.1. The van der Waals surface area contributed by atoms with Gasteiger partial charge in [0.2, 0.25) is 0 Å². The molecule has 0 rings (SSSR count). The van der Waals surface area contributed by atoms with E-state index in [0.717, 1.165) is 0 Å². The summed E-state index contributed by atoms with van der Waals surface area (Å²) in [6.07, 6.45) is -5.05. The zero-order valence-corrected chi connectivity index (χ0v) is 8.34. The average Bonchev–Trinajstić information content (AvgIpc) is 2.12. The summed E-state index contributed by atoms with van der Waals surface area (Å²) in [7, 11) is 0. The quantitative estimate of drug-likeness (QED) is 0.627. The molecule has 0 bridgehead atoms. The van der Waals surface area contributed by atoms with Gasteiger partial charge in [0.15, 0.2) is 0 Å². The maximum absolute atomic E-state index is 11.7. The number of rotatable bonds is 5. The van der Waals surface area contributed by atoms with Gasteiger partial charge in [-0.15, -0.1) is 0 Å². The van der Waals surface area contributed by atoms with Crippen LogP contribution in [0.3, 0.4) is 0 Å². The fourth-order valence-electron chi connectivity index (χ4n) is 0.978. The smallest absolute Gasteiger partial charge is 0.382 e. The number of nitrogens with two attached hydrogens (primary N) is 1. The maximum Gasteiger partial charge on any atom is 0.405 e. The number of carbonyl (C=O) groups excluding carboxylic acids is 1. The van der Waals surface area contributed by atoms with Gasteiger partial charge in [-0.1, -0.05) is 13.3 Å². The molecule has 0 aromatic heterocycles. The van der Waals surface area contributed by atoms with Crippen LogP contribution in [0, 0.1) is 0 Å². The minimum absolute atomic E-state index is 0.376. The number of hydrogen-bond donors (Lipinski definition) is 3. The van der Waals surface area contributed by atoms with Crippen LogP contribution in [0.4, 0.5) is 13.2 Å². The summed E-state index contributed by atoms with van der Waals surface area (Å²) in [5.74, 6) is -1.09. The third kappa shape index (κ3) is 6.29. The number of aliphatic hydroxyl groups is 1. The average molecular weight is 228 g/mol. The van der Waals surface area contributed by atoms with Gasteiger partial charge in [0.05, 0.1) is 0 Å². The van der Waals surface area contributed by atoms with Crippen molar-refractivity contribution in [3.63, 3.8) is 0 Å². The first-order valence-electron chi connectivity index (χ1n) is 4.56. The van der Waals surface area contributed by atoms with Gasteiger partial charge >= 0.3 is 6.18 Å². The summed E-state index contributed by atoms with van der Waals surface area (Å²) in [5, 5.41) is 10.8. The van der Waals surface area contributed by atoms with Crippen LogP contribution in [-0.2, 0) is 4.79 Å². The van der Waals surface area contributed by atoms with E-state index < -0.39 is 30.8 Å². The molecule has 0 aliphatic rings. The van der Waals surface area contributed by atoms with E-state index in [0.29, 0.717) is 12.8 Å². The Labute approximate surface area is 85.6 Å². The van der Waals surface area contributed by atoms with Gasteiger partial charge in [-0.05, 0) is 6.42 Å². The lowest BCUT2D eigenvalue weighted by atomic mass is 10.1. The van der Waals surface area contributed by atoms with Crippen molar-refractivity contribution in [2.75, 3.05) is 6.54 Å². The molecule has 4 N–H and O–H groups in total. The topological polar surface area (TPSA) is 75.3 Å². The molecule has 0 unspecified atom stereocenters. The number of hydrogen-bond acceptors (Lipinski definition) is 3. The fourth-order valence-corrected chi connectivity index (χ4v) is 0.978. The number of amides is 1. The Morgan fingerprint density at radius 2 is 2.07 bits per heavy atom. The van der Waals surface area contributed by atoms with Crippen molar-refractivity contribution in [2.24, 2.45) is 5.73 Å². The number of nitrogens with one attached hydrogen (secondary N) is 1. The molecule has 0 saturated carbocycles. The largest absolute Gasteiger partial charge is 0.405 e. The third-order valence-corrected chi connectivity index (χ3v) is 1.76. The number of halogens is 3. The van der Waals surface area contributed by atoms with Gasteiger partial charge in [-0.25, -0.2) is 0 Å². The SMILES string of the molecule is CCC[C@H](N)[C@H](O)C(=O)NCC(F)(F)F. The molecule has 0 aromatic rings. The second-order valence-corrected chi connectivity index (χ2v) is 3.23. The van der Waals surface area contributed by atoms with Crippen molar-refractivity contribution in [2.45, 2.75) is 38.1 Å². The molecule has 0 aliphatic carbocycles. The van der Waals surface area contributed by atoms with Gasteiger partial charge in [-0.2, -0.15) is 13.2 Å². The lowest BCUT2D eigenvalue weighted by Crippen LogP contribution is -2.48. The summed E-state index contributed by atoms with van der Waals surface area (Å²) < 4.78 is 35.1. The summed E-state index contributed by atoms with van der Waals surface area (Å²) in [6, 6.07) is -0.830. The Bertz CT molecular complexity index is 209. The van der Waals surface area contributed by atoms with Crippen LogP contribution < -0.4 is 11.1 Å². The summed E-state index contributed by atoms with van der Waals surface area (Å²) in [5.41, 5.74) is 5.38. The predicted octanol–water partition coefficient (Wildman–Crippen LogP) is 0.153. The molecule has 90 valence electrons. The Kier molecular flexibility index (Phi) is 5.59. The molecule has 1 amide bonds. The van der Waals surface area contributed by atoms with E-state index in [-0.39, 0.29) is 0 Å². The first-order chi connectivity index (χ1) is 6.78. The maximum atomic E-state index is 11.7. The molecule has 0 heterocycles. The van der Waals surface area contributed by atoms with E-state index in [1.807, 2.05) is 0 Å². The van der Waals surface area contributed by atoms with Crippen LogP contribution in [0.5, 0.6) is 0 Å². The monoisotopic (exact) mass is 228 g/mol. The van der Waals surface area contributed by atoms with Gasteiger partial charge < -0.3 is 16.2 Å². The van der Waals surface area contributed by atoms with Crippen LogP contribution in [0.2, 0.25) is 0 Å². The molecule has 7 heteroatoms. The molecule has 0 fully saturated rings. The lowest BCUT2D eigenvalue weighted by Gasteiger charge is -2.18. The molecular weight excluding hydrogens is 213 g/mol. The van der Waals surface area contributed by atoms with Crippen LogP contribution in [0.25, 0.3) is 0 Å². The van der Waals surface area contributed by atoms with E-state index in [1.165, 1.54) is 0 Å². The third-order valence-electron chi connectivity index (χ3n) is 1.76. The highest BCUT2D eigenvalue weighted by atomic mass is 19.4. The number of aliphatic hydroxyl groups excluding tert-OH is 1. The Morgan fingerprint density at radius 1 is 1.53 bits per heavy atom. The zero-order valence-electron chi connectivity index (χ0n) is 8.34. The van der Waals surface area contributed by atoms with E-state index in [9.17, 15) is 23.1 Å². The van der Waals surface area contributed by atoms with Gasteiger partial charge in [0, 0.05) is 6.04 Å². The molecule has 15 heavy (non-hydrogen) atoms. The predicted molar refractivity (Wildman–Crippen MR) is 48.0 cm³/mol. The highest BCUT2D eigenvalue weighted by Gasteiger charge is 2.30. The van der Waals surface area contributed by atoms with E-state index in [1.54, 1.807) is 12.2 Å². The summed E-state index contributed by atoms with van der Waals surface area (Å²) in [6.45, 7) is 0.335. The lowest BCUT2D eigenvalue weighted by molar-refractivity contribution is -0.144. The standard InChI is InChI=1S/C8H15F3N2O2/c1-2-3-5(12)6(14)7(15)13-4-8(9,10)11/h5-6,14H,2-4,12H2,1H3,(H,13,15)/t5-,6-/m0/s1. The first-order valence-corrected chi connectivity index (χ1v) is 4.56. The number of alkyl halides is 3. The summed E-state index contributed by atoms with van der Waals surface area (Å²) in [4.78, 5) is 11.0. The van der Waals surface area contributed by atoms with E-state index in [2.05, 4.69) is 0 Å². The van der Waals surface area contributed by atoms with Gasteiger partial charge in [0.25, 0.3) is 5.91 Å². The van der Waals surface area contributed by atoms with Crippen molar-refractivity contribution < 1.29 is 23.1 Å². The van der Waals surface area contributed by atoms with Crippen molar-refractivity contribution in [3.05, 3.63) is 0 Å². The number of carbonyl (C=O) groups is 1. The highest BCUT2D eigenvalue weighted by molar-refractivity contribution is 5.81. The normalized spacial score (nSPS) is 15.9.